The Labute approximate surface area is 115 Å². The normalized spacial score (nSPS) is 11.1. The molecular formula is C15H25NOS. The van der Waals surface area contributed by atoms with Gasteiger partial charge in [-0.1, -0.05) is 26.7 Å². The number of aryl methyl sites for hydroxylation is 1. The topological polar surface area (TPSA) is 20.3 Å². The number of rotatable bonds is 9. The molecule has 0 aliphatic heterocycles. The van der Waals surface area contributed by atoms with Gasteiger partial charge in [0.05, 0.1) is 11.4 Å². The predicted octanol–water partition coefficient (Wildman–Crippen LogP) is 4.14. The number of hydrogen-bond donors (Lipinski definition) is 0. The molecule has 0 fully saturated rings. The minimum absolute atomic E-state index is 0.278. The van der Waals surface area contributed by atoms with Gasteiger partial charge in [0.2, 0.25) is 0 Å². The maximum absolute atomic E-state index is 12.2. The van der Waals surface area contributed by atoms with Crippen LogP contribution in [0.5, 0.6) is 0 Å². The standard InChI is InChI=1S/C15H25NOS/c1-4-6-10-16(11-7-5-2)12-14(17)15-9-8-13(3)18-15/h8-9H,4-7,10-12H2,1-3H3. The second kappa shape index (κ2) is 8.44. The highest BCUT2D eigenvalue weighted by Crippen LogP contribution is 2.16. The van der Waals surface area contributed by atoms with E-state index in [-0.39, 0.29) is 5.78 Å². The number of carbonyl (C=O) groups excluding carboxylic acids is 1. The fourth-order valence-corrected chi connectivity index (χ4v) is 2.70. The van der Waals surface area contributed by atoms with E-state index in [4.69, 9.17) is 0 Å². The van der Waals surface area contributed by atoms with E-state index in [1.54, 1.807) is 11.3 Å². The molecule has 18 heavy (non-hydrogen) atoms. The molecular weight excluding hydrogens is 242 g/mol. The van der Waals surface area contributed by atoms with E-state index < -0.39 is 0 Å². The van der Waals surface area contributed by atoms with Crippen LogP contribution in [0.1, 0.15) is 54.1 Å². The Hall–Kier alpha value is -0.670. The SMILES string of the molecule is CCCCN(CCCC)CC(=O)c1ccc(C)s1. The van der Waals surface area contributed by atoms with Crippen molar-refractivity contribution in [2.75, 3.05) is 19.6 Å². The number of ketones is 1. The summed E-state index contributed by atoms with van der Waals surface area (Å²) in [7, 11) is 0. The zero-order valence-corrected chi connectivity index (χ0v) is 12.7. The van der Waals surface area contributed by atoms with Crippen LogP contribution >= 0.6 is 11.3 Å². The Morgan fingerprint density at radius 1 is 1.17 bits per heavy atom. The fraction of sp³-hybridized carbons (Fsp3) is 0.667. The highest BCUT2D eigenvalue weighted by atomic mass is 32.1. The number of carbonyl (C=O) groups is 1. The number of thiophene rings is 1. The van der Waals surface area contributed by atoms with Crippen LogP contribution in [-0.4, -0.2) is 30.3 Å². The van der Waals surface area contributed by atoms with Crippen LogP contribution in [-0.2, 0) is 0 Å². The first-order valence-corrected chi connectivity index (χ1v) is 7.81. The molecule has 102 valence electrons. The van der Waals surface area contributed by atoms with Crippen molar-refractivity contribution in [3.8, 4) is 0 Å². The number of unbranched alkanes of at least 4 members (excludes halogenated alkanes) is 2. The molecule has 0 aliphatic carbocycles. The lowest BCUT2D eigenvalue weighted by molar-refractivity contribution is 0.0932. The van der Waals surface area contributed by atoms with E-state index in [0.29, 0.717) is 6.54 Å². The van der Waals surface area contributed by atoms with Crippen LogP contribution in [0.2, 0.25) is 0 Å². The van der Waals surface area contributed by atoms with Gasteiger partial charge in [0.15, 0.2) is 5.78 Å². The Kier molecular flexibility index (Phi) is 7.21. The number of Topliss-reactive ketones (excluding diaryl/α,β-unsaturated/α-hetero) is 1. The quantitative estimate of drug-likeness (QED) is 0.627. The summed E-state index contributed by atoms with van der Waals surface area (Å²) in [6.45, 7) is 9.12. The van der Waals surface area contributed by atoms with E-state index in [9.17, 15) is 4.79 Å². The molecule has 0 N–H and O–H groups in total. The average molecular weight is 267 g/mol. The molecule has 0 radical (unpaired) electrons. The van der Waals surface area contributed by atoms with Crippen molar-refractivity contribution in [2.45, 2.75) is 46.5 Å². The van der Waals surface area contributed by atoms with Gasteiger partial charge >= 0.3 is 0 Å². The van der Waals surface area contributed by atoms with E-state index in [2.05, 4.69) is 18.7 Å². The molecule has 0 amide bonds. The molecule has 0 aromatic carbocycles. The summed E-state index contributed by atoms with van der Waals surface area (Å²) in [5.74, 6) is 0.278. The lowest BCUT2D eigenvalue weighted by Gasteiger charge is -2.20. The smallest absolute Gasteiger partial charge is 0.186 e. The van der Waals surface area contributed by atoms with Gasteiger partial charge < -0.3 is 0 Å². The summed E-state index contributed by atoms with van der Waals surface area (Å²) in [6, 6.07) is 3.99. The zero-order chi connectivity index (χ0) is 13.4. The Bertz CT molecular complexity index is 351. The van der Waals surface area contributed by atoms with Crippen molar-refractivity contribution in [2.24, 2.45) is 0 Å². The third-order valence-electron chi connectivity index (χ3n) is 3.04. The third kappa shape index (κ3) is 5.32. The molecule has 1 aromatic rings. The Morgan fingerprint density at radius 3 is 2.22 bits per heavy atom. The first-order valence-electron chi connectivity index (χ1n) is 6.99. The van der Waals surface area contributed by atoms with Gasteiger partial charge in [-0.25, -0.2) is 0 Å². The first kappa shape index (κ1) is 15.4. The number of nitrogens with zero attached hydrogens (tertiary/aromatic N) is 1. The van der Waals surface area contributed by atoms with Crippen molar-refractivity contribution >= 4 is 17.1 Å². The summed E-state index contributed by atoms with van der Waals surface area (Å²) in [5.41, 5.74) is 0. The van der Waals surface area contributed by atoms with E-state index in [1.165, 1.54) is 30.6 Å². The van der Waals surface area contributed by atoms with Crippen LogP contribution in [0.25, 0.3) is 0 Å². The van der Waals surface area contributed by atoms with Gasteiger partial charge in [-0.3, -0.25) is 9.69 Å². The summed E-state index contributed by atoms with van der Waals surface area (Å²) >= 11 is 1.61. The summed E-state index contributed by atoms with van der Waals surface area (Å²) < 4.78 is 0. The zero-order valence-electron chi connectivity index (χ0n) is 11.9. The molecule has 0 bridgehead atoms. The first-order chi connectivity index (χ1) is 8.67. The lowest BCUT2D eigenvalue weighted by atomic mass is 10.2. The lowest BCUT2D eigenvalue weighted by Crippen LogP contribution is -2.31. The minimum atomic E-state index is 0.278. The molecule has 2 nitrogen and oxygen atoms in total. The second-order valence-electron chi connectivity index (χ2n) is 4.82. The third-order valence-corrected chi connectivity index (χ3v) is 4.08. The number of hydrogen-bond acceptors (Lipinski definition) is 3. The van der Waals surface area contributed by atoms with Gasteiger partial charge in [0.25, 0.3) is 0 Å². The highest BCUT2D eigenvalue weighted by molar-refractivity contribution is 7.14. The van der Waals surface area contributed by atoms with Crippen molar-refractivity contribution < 1.29 is 4.79 Å². The monoisotopic (exact) mass is 267 g/mol. The summed E-state index contributed by atoms with van der Waals surface area (Å²) in [5, 5.41) is 0. The van der Waals surface area contributed by atoms with Gasteiger partial charge in [-0.05, 0) is 45.0 Å². The van der Waals surface area contributed by atoms with Crippen LogP contribution in [0.3, 0.4) is 0 Å². The summed E-state index contributed by atoms with van der Waals surface area (Å²) in [6.07, 6.45) is 4.74. The molecule has 1 heterocycles. The second-order valence-corrected chi connectivity index (χ2v) is 6.10. The predicted molar refractivity (Wildman–Crippen MR) is 79.6 cm³/mol. The van der Waals surface area contributed by atoms with Crippen molar-refractivity contribution in [3.05, 3.63) is 21.9 Å². The average Bonchev–Trinajstić information content (AvgIpc) is 2.79. The van der Waals surface area contributed by atoms with Gasteiger partial charge in [0.1, 0.15) is 0 Å². The van der Waals surface area contributed by atoms with Crippen molar-refractivity contribution in [3.63, 3.8) is 0 Å². The minimum Gasteiger partial charge on any atom is -0.296 e. The molecule has 1 rings (SSSR count). The van der Waals surface area contributed by atoms with Gasteiger partial charge in [-0.2, -0.15) is 0 Å². The maximum atomic E-state index is 12.2. The molecule has 0 spiro atoms. The largest absolute Gasteiger partial charge is 0.296 e. The van der Waals surface area contributed by atoms with Crippen LogP contribution < -0.4 is 0 Å². The van der Waals surface area contributed by atoms with Gasteiger partial charge in [-0.15, -0.1) is 11.3 Å². The molecule has 0 atom stereocenters. The van der Waals surface area contributed by atoms with Crippen LogP contribution in [0.15, 0.2) is 12.1 Å². The van der Waals surface area contributed by atoms with Crippen molar-refractivity contribution in [1.82, 2.24) is 4.90 Å². The molecule has 1 aromatic heterocycles. The fourth-order valence-electron chi connectivity index (χ4n) is 1.90. The molecule has 0 aliphatic rings. The van der Waals surface area contributed by atoms with E-state index in [0.717, 1.165) is 18.0 Å². The Balaban J connectivity index is 2.50. The van der Waals surface area contributed by atoms with Crippen molar-refractivity contribution in [1.29, 1.82) is 0 Å². The van der Waals surface area contributed by atoms with E-state index in [1.807, 2.05) is 19.1 Å². The highest BCUT2D eigenvalue weighted by Gasteiger charge is 2.13. The van der Waals surface area contributed by atoms with Crippen LogP contribution in [0.4, 0.5) is 0 Å². The van der Waals surface area contributed by atoms with Gasteiger partial charge in [0, 0.05) is 4.88 Å². The van der Waals surface area contributed by atoms with E-state index >= 15 is 0 Å². The molecule has 0 saturated carbocycles. The Morgan fingerprint density at radius 2 is 1.78 bits per heavy atom. The molecule has 0 saturated heterocycles. The van der Waals surface area contributed by atoms with Crippen LogP contribution in [0, 0.1) is 6.92 Å². The molecule has 0 unspecified atom stereocenters. The summed E-state index contributed by atoms with van der Waals surface area (Å²) in [4.78, 5) is 16.6. The maximum Gasteiger partial charge on any atom is 0.186 e. The molecule has 3 heteroatoms.